The van der Waals surface area contributed by atoms with Gasteiger partial charge in [0.05, 0.1) is 4.92 Å². The second-order valence-electron chi connectivity index (χ2n) is 4.02. The molecule has 1 aromatic carbocycles. The number of nitrogens with one attached hydrogen (secondary N) is 1. The molecule has 1 aromatic heterocycles. The minimum absolute atomic E-state index is 0.0307. The van der Waals surface area contributed by atoms with Crippen LogP contribution in [0.1, 0.15) is 17.3 Å². The molecule has 2 rings (SSSR count). The average molecular weight is 292 g/mol. The first-order valence-corrected chi connectivity index (χ1v) is 6.04. The van der Waals surface area contributed by atoms with Crippen LogP contribution in [0.5, 0.6) is 0 Å². The molecule has 102 valence electrons. The van der Waals surface area contributed by atoms with Gasteiger partial charge in [-0.2, -0.15) is 0 Å². The number of hydrogen-bond acceptors (Lipinski definition) is 5. The second kappa shape index (κ2) is 5.66. The van der Waals surface area contributed by atoms with Crippen molar-refractivity contribution in [1.29, 1.82) is 0 Å². The lowest BCUT2D eigenvalue weighted by atomic mass is 10.1. The molecule has 20 heavy (non-hydrogen) atoms. The van der Waals surface area contributed by atoms with Crippen molar-refractivity contribution in [3.8, 4) is 0 Å². The molecular weight excluding hydrogens is 282 g/mol. The van der Waals surface area contributed by atoms with E-state index in [1.54, 1.807) is 24.3 Å². The monoisotopic (exact) mass is 291 g/mol. The van der Waals surface area contributed by atoms with Crippen LogP contribution in [-0.2, 0) is 0 Å². The van der Waals surface area contributed by atoms with E-state index in [9.17, 15) is 14.9 Å². The van der Waals surface area contributed by atoms with Crippen LogP contribution in [-0.4, -0.2) is 15.7 Å². The summed E-state index contributed by atoms with van der Waals surface area (Å²) in [6.07, 6.45) is 0. The van der Waals surface area contributed by atoms with Crippen LogP contribution in [0.15, 0.2) is 36.4 Å². The number of rotatable bonds is 4. The van der Waals surface area contributed by atoms with Gasteiger partial charge in [0, 0.05) is 17.3 Å². The average Bonchev–Trinajstić information content (AvgIpc) is 2.38. The van der Waals surface area contributed by atoms with Gasteiger partial charge in [-0.05, 0) is 25.1 Å². The Bertz CT molecular complexity index is 688. The SMILES string of the molecule is CC(=O)c1cccc(Nc2nc(Cl)ccc2[N+](=O)[O-])c1. The maximum atomic E-state index is 11.3. The van der Waals surface area contributed by atoms with Crippen molar-refractivity contribution in [2.24, 2.45) is 0 Å². The first kappa shape index (κ1) is 14.0. The lowest BCUT2D eigenvalue weighted by molar-refractivity contribution is -0.384. The predicted molar refractivity (Wildman–Crippen MR) is 75.6 cm³/mol. The molecule has 1 heterocycles. The van der Waals surface area contributed by atoms with Crippen LogP contribution in [0.25, 0.3) is 0 Å². The van der Waals surface area contributed by atoms with E-state index in [-0.39, 0.29) is 22.4 Å². The van der Waals surface area contributed by atoms with Crippen molar-refractivity contribution in [2.45, 2.75) is 6.92 Å². The van der Waals surface area contributed by atoms with E-state index >= 15 is 0 Å². The van der Waals surface area contributed by atoms with E-state index in [0.717, 1.165) is 0 Å². The summed E-state index contributed by atoms with van der Waals surface area (Å²) in [5, 5.41) is 13.9. The maximum Gasteiger partial charge on any atom is 0.311 e. The summed E-state index contributed by atoms with van der Waals surface area (Å²) < 4.78 is 0. The van der Waals surface area contributed by atoms with Crippen molar-refractivity contribution in [3.05, 3.63) is 57.2 Å². The van der Waals surface area contributed by atoms with E-state index in [2.05, 4.69) is 10.3 Å². The minimum Gasteiger partial charge on any atom is -0.334 e. The van der Waals surface area contributed by atoms with Gasteiger partial charge in [-0.3, -0.25) is 14.9 Å². The van der Waals surface area contributed by atoms with Crippen LogP contribution in [0.2, 0.25) is 5.15 Å². The van der Waals surface area contributed by atoms with Gasteiger partial charge in [0.1, 0.15) is 5.15 Å². The quantitative estimate of drug-likeness (QED) is 0.403. The number of aromatic nitrogens is 1. The number of Topliss-reactive ketones (excluding diaryl/α,β-unsaturated/α-hetero) is 1. The topological polar surface area (TPSA) is 85.1 Å². The van der Waals surface area contributed by atoms with Crippen LogP contribution >= 0.6 is 11.6 Å². The standard InChI is InChI=1S/C13H10ClN3O3/c1-8(18)9-3-2-4-10(7-9)15-13-11(17(19)20)5-6-12(14)16-13/h2-7H,1H3,(H,15,16). The largest absolute Gasteiger partial charge is 0.334 e. The first-order chi connectivity index (χ1) is 9.47. The Morgan fingerprint density at radius 3 is 2.75 bits per heavy atom. The van der Waals surface area contributed by atoms with Crippen molar-refractivity contribution in [1.82, 2.24) is 4.98 Å². The summed E-state index contributed by atoms with van der Waals surface area (Å²) in [7, 11) is 0. The minimum atomic E-state index is -0.555. The molecule has 0 radical (unpaired) electrons. The van der Waals surface area contributed by atoms with E-state index in [0.29, 0.717) is 11.3 Å². The maximum absolute atomic E-state index is 11.3. The van der Waals surface area contributed by atoms with E-state index in [1.165, 1.54) is 19.1 Å². The third-order valence-electron chi connectivity index (χ3n) is 2.57. The summed E-state index contributed by atoms with van der Waals surface area (Å²) in [5.41, 5.74) is 0.831. The fourth-order valence-corrected chi connectivity index (χ4v) is 1.77. The number of nitro groups is 1. The molecule has 0 saturated heterocycles. The molecule has 7 heteroatoms. The summed E-state index contributed by atoms with van der Waals surface area (Å²) in [6.45, 7) is 1.44. The molecular formula is C13H10ClN3O3. The zero-order chi connectivity index (χ0) is 14.7. The summed E-state index contributed by atoms with van der Waals surface area (Å²) in [5.74, 6) is -0.0644. The molecule has 0 atom stereocenters. The third-order valence-corrected chi connectivity index (χ3v) is 2.78. The number of nitrogens with zero attached hydrogens (tertiary/aromatic N) is 2. The molecule has 1 N–H and O–H groups in total. The van der Waals surface area contributed by atoms with Gasteiger partial charge in [0.25, 0.3) is 0 Å². The number of pyridine rings is 1. The third kappa shape index (κ3) is 3.10. The highest BCUT2D eigenvalue weighted by Crippen LogP contribution is 2.27. The van der Waals surface area contributed by atoms with Crippen LogP contribution in [0.3, 0.4) is 0 Å². The van der Waals surface area contributed by atoms with Crippen molar-refractivity contribution in [2.75, 3.05) is 5.32 Å². The van der Waals surface area contributed by atoms with E-state index < -0.39 is 4.92 Å². The Labute approximate surface area is 119 Å². The van der Waals surface area contributed by atoms with Crippen LogP contribution in [0, 0.1) is 10.1 Å². The molecule has 0 spiro atoms. The molecule has 0 aliphatic heterocycles. The summed E-state index contributed by atoms with van der Waals surface area (Å²) in [6, 6.07) is 9.22. The summed E-state index contributed by atoms with van der Waals surface area (Å²) >= 11 is 5.74. The van der Waals surface area contributed by atoms with Gasteiger partial charge in [-0.1, -0.05) is 23.7 Å². The predicted octanol–water partition coefficient (Wildman–Crippen LogP) is 3.59. The zero-order valence-electron chi connectivity index (χ0n) is 10.5. The number of carbonyl (C=O) groups is 1. The number of halogens is 1. The second-order valence-corrected chi connectivity index (χ2v) is 4.41. The lowest BCUT2D eigenvalue weighted by Crippen LogP contribution is -2.01. The van der Waals surface area contributed by atoms with Gasteiger partial charge in [-0.15, -0.1) is 0 Å². The fraction of sp³-hybridized carbons (Fsp3) is 0.0769. The van der Waals surface area contributed by atoms with E-state index in [1.807, 2.05) is 0 Å². The molecule has 0 bridgehead atoms. The number of carbonyl (C=O) groups excluding carboxylic acids is 1. The van der Waals surface area contributed by atoms with Crippen LogP contribution in [0.4, 0.5) is 17.2 Å². The number of ketones is 1. The highest BCUT2D eigenvalue weighted by atomic mass is 35.5. The van der Waals surface area contributed by atoms with E-state index in [4.69, 9.17) is 11.6 Å². The number of hydrogen-bond donors (Lipinski definition) is 1. The van der Waals surface area contributed by atoms with Crippen molar-refractivity contribution in [3.63, 3.8) is 0 Å². The zero-order valence-corrected chi connectivity index (χ0v) is 11.2. The fourth-order valence-electron chi connectivity index (χ4n) is 1.62. The Balaban J connectivity index is 2.39. The first-order valence-electron chi connectivity index (χ1n) is 5.66. The van der Waals surface area contributed by atoms with Crippen LogP contribution < -0.4 is 5.32 Å². The molecule has 0 unspecified atom stereocenters. The molecule has 0 aliphatic carbocycles. The molecule has 0 aliphatic rings. The van der Waals surface area contributed by atoms with Gasteiger partial charge in [0.2, 0.25) is 5.82 Å². The van der Waals surface area contributed by atoms with Gasteiger partial charge in [0.15, 0.2) is 5.78 Å². The Morgan fingerprint density at radius 2 is 2.10 bits per heavy atom. The highest BCUT2D eigenvalue weighted by molar-refractivity contribution is 6.29. The molecule has 0 fully saturated rings. The Morgan fingerprint density at radius 1 is 1.35 bits per heavy atom. The van der Waals surface area contributed by atoms with Crippen molar-refractivity contribution >= 4 is 34.6 Å². The lowest BCUT2D eigenvalue weighted by Gasteiger charge is -2.07. The van der Waals surface area contributed by atoms with Gasteiger partial charge >= 0.3 is 5.69 Å². The van der Waals surface area contributed by atoms with Gasteiger partial charge in [-0.25, -0.2) is 4.98 Å². The molecule has 6 nitrogen and oxygen atoms in total. The molecule has 0 saturated carbocycles. The number of anilines is 2. The Hall–Kier alpha value is -2.47. The highest BCUT2D eigenvalue weighted by Gasteiger charge is 2.16. The van der Waals surface area contributed by atoms with Crippen molar-refractivity contribution < 1.29 is 9.72 Å². The smallest absolute Gasteiger partial charge is 0.311 e. The number of benzene rings is 1. The summed E-state index contributed by atoms with van der Waals surface area (Å²) in [4.78, 5) is 25.6. The Kier molecular flexibility index (Phi) is 3.95. The molecule has 0 amide bonds. The van der Waals surface area contributed by atoms with Gasteiger partial charge < -0.3 is 5.32 Å². The normalized spacial score (nSPS) is 10.1. The molecule has 2 aromatic rings.